The monoisotopic (exact) mass is 341 g/mol. The summed E-state index contributed by atoms with van der Waals surface area (Å²) in [5.41, 5.74) is 3.80. The highest BCUT2D eigenvalue weighted by Gasteiger charge is 2.19. The summed E-state index contributed by atoms with van der Waals surface area (Å²) >= 11 is 0. The highest BCUT2D eigenvalue weighted by molar-refractivity contribution is 6.06. The number of amides is 1. The van der Waals surface area contributed by atoms with Crippen LogP contribution in [0, 0.1) is 13.8 Å². The van der Waals surface area contributed by atoms with Crippen molar-refractivity contribution in [1.29, 1.82) is 0 Å². The van der Waals surface area contributed by atoms with E-state index in [1.165, 1.54) is 5.56 Å². The highest BCUT2D eigenvalue weighted by Crippen LogP contribution is 2.25. The number of carbonyl (C=O) groups is 1. The molecule has 1 N–H and O–H groups in total. The molecular formula is C18H23N5O2. The van der Waals surface area contributed by atoms with Crippen molar-refractivity contribution in [1.82, 2.24) is 24.6 Å². The summed E-state index contributed by atoms with van der Waals surface area (Å²) in [5, 5.41) is 9.14. The third kappa shape index (κ3) is 3.28. The van der Waals surface area contributed by atoms with Gasteiger partial charge in [0.05, 0.1) is 24.2 Å². The summed E-state index contributed by atoms with van der Waals surface area (Å²) in [6.07, 6.45) is 1.66. The molecule has 2 heterocycles. The van der Waals surface area contributed by atoms with Crippen molar-refractivity contribution in [3.8, 4) is 0 Å². The fourth-order valence-electron chi connectivity index (χ4n) is 2.93. The number of nitrogens with zero attached hydrogens (tertiary/aromatic N) is 4. The molecule has 2 aromatic heterocycles. The molecule has 0 saturated heterocycles. The van der Waals surface area contributed by atoms with Crippen molar-refractivity contribution < 1.29 is 9.53 Å². The maximum absolute atomic E-state index is 13.0. The number of benzene rings is 1. The van der Waals surface area contributed by atoms with Gasteiger partial charge in [0.15, 0.2) is 5.82 Å². The molecule has 25 heavy (non-hydrogen) atoms. The fourth-order valence-corrected chi connectivity index (χ4v) is 2.93. The van der Waals surface area contributed by atoms with Gasteiger partial charge in [0, 0.05) is 31.8 Å². The second kappa shape index (κ2) is 7.06. The van der Waals surface area contributed by atoms with Gasteiger partial charge in [-0.25, -0.2) is 0 Å². The molecule has 3 rings (SSSR count). The number of para-hydroxylation sites is 1. The maximum Gasteiger partial charge on any atom is 0.256 e. The van der Waals surface area contributed by atoms with Gasteiger partial charge in [-0.15, -0.1) is 10.2 Å². The average molecular weight is 341 g/mol. The normalized spacial score (nSPS) is 11.2. The maximum atomic E-state index is 13.0. The molecule has 0 fully saturated rings. The Labute approximate surface area is 146 Å². The van der Waals surface area contributed by atoms with Crippen molar-refractivity contribution in [3.05, 3.63) is 47.2 Å². The van der Waals surface area contributed by atoms with Crippen LogP contribution >= 0.6 is 0 Å². The first-order valence-corrected chi connectivity index (χ1v) is 8.22. The van der Waals surface area contributed by atoms with Crippen LogP contribution in [-0.4, -0.2) is 51.3 Å². The smallest absolute Gasteiger partial charge is 0.256 e. The number of fused-ring (bicyclic) bond motifs is 1. The van der Waals surface area contributed by atoms with E-state index in [1.807, 2.05) is 29.7 Å². The third-order valence-corrected chi connectivity index (χ3v) is 4.53. The van der Waals surface area contributed by atoms with Crippen LogP contribution in [0.4, 0.5) is 0 Å². The molecule has 1 aromatic carbocycles. The number of nitrogens with one attached hydrogen (secondary N) is 1. The minimum atomic E-state index is -0.0480. The van der Waals surface area contributed by atoms with E-state index in [-0.39, 0.29) is 5.91 Å². The molecule has 0 atom stereocenters. The Morgan fingerprint density at radius 2 is 2.16 bits per heavy atom. The third-order valence-electron chi connectivity index (χ3n) is 4.53. The first-order valence-electron chi connectivity index (χ1n) is 8.22. The fraction of sp³-hybridized carbons (Fsp3) is 0.389. The molecule has 132 valence electrons. The summed E-state index contributed by atoms with van der Waals surface area (Å²) in [6.45, 7) is 5.70. The minimum Gasteiger partial charge on any atom is -0.383 e. The summed E-state index contributed by atoms with van der Waals surface area (Å²) in [4.78, 5) is 17.9. The van der Waals surface area contributed by atoms with Crippen LogP contribution in [0.25, 0.3) is 10.9 Å². The van der Waals surface area contributed by atoms with E-state index in [9.17, 15) is 4.79 Å². The van der Waals surface area contributed by atoms with Gasteiger partial charge in [-0.2, -0.15) is 0 Å². The summed E-state index contributed by atoms with van der Waals surface area (Å²) in [7, 11) is 3.43. The van der Waals surface area contributed by atoms with E-state index in [4.69, 9.17) is 4.74 Å². The standard InChI is InChI=1S/C18H23N5O2/c1-12-13(2)20-17-14(12)6-5-7-15(17)18(24)22(3)10-16-21-19-11-23(16)8-9-25-4/h5-7,11,20H,8-10H2,1-4H3. The Bertz CT molecular complexity index is 896. The lowest BCUT2D eigenvalue weighted by atomic mass is 10.1. The Morgan fingerprint density at radius 3 is 2.92 bits per heavy atom. The van der Waals surface area contributed by atoms with E-state index in [2.05, 4.69) is 22.1 Å². The second-order valence-corrected chi connectivity index (χ2v) is 6.20. The Hall–Kier alpha value is -2.67. The molecule has 0 aliphatic carbocycles. The number of rotatable bonds is 6. The van der Waals surface area contributed by atoms with Crippen LogP contribution in [0.5, 0.6) is 0 Å². The number of aromatic amines is 1. The lowest BCUT2D eigenvalue weighted by Crippen LogP contribution is -2.28. The van der Waals surface area contributed by atoms with Crippen LogP contribution in [0.1, 0.15) is 27.4 Å². The lowest BCUT2D eigenvalue weighted by molar-refractivity contribution is 0.0781. The van der Waals surface area contributed by atoms with E-state index in [0.29, 0.717) is 25.3 Å². The first kappa shape index (κ1) is 17.2. The van der Waals surface area contributed by atoms with Gasteiger partial charge in [0.1, 0.15) is 6.33 Å². The van der Waals surface area contributed by atoms with Crippen LogP contribution in [0.2, 0.25) is 0 Å². The summed E-state index contributed by atoms with van der Waals surface area (Å²) in [5.74, 6) is 0.687. The van der Waals surface area contributed by atoms with Gasteiger partial charge in [-0.3, -0.25) is 4.79 Å². The summed E-state index contributed by atoms with van der Waals surface area (Å²) < 4.78 is 6.99. The molecular weight excluding hydrogens is 318 g/mol. The zero-order chi connectivity index (χ0) is 18.0. The lowest BCUT2D eigenvalue weighted by Gasteiger charge is -2.17. The van der Waals surface area contributed by atoms with Gasteiger partial charge in [-0.1, -0.05) is 12.1 Å². The molecule has 0 bridgehead atoms. The molecule has 0 aliphatic rings. The number of carbonyl (C=O) groups excluding carboxylic acids is 1. The first-order chi connectivity index (χ1) is 12.0. The molecule has 0 unspecified atom stereocenters. The zero-order valence-electron chi connectivity index (χ0n) is 15.0. The van der Waals surface area contributed by atoms with E-state index in [0.717, 1.165) is 22.4 Å². The van der Waals surface area contributed by atoms with Gasteiger partial charge in [0.25, 0.3) is 5.91 Å². The van der Waals surface area contributed by atoms with Crippen molar-refractivity contribution in [2.24, 2.45) is 0 Å². The number of H-pyrrole nitrogens is 1. The number of aromatic nitrogens is 4. The largest absolute Gasteiger partial charge is 0.383 e. The Morgan fingerprint density at radius 1 is 1.36 bits per heavy atom. The number of hydrogen-bond acceptors (Lipinski definition) is 4. The van der Waals surface area contributed by atoms with Crippen LogP contribution in [0.15, 0.2) is 24.5 Å². The average Bonchev–Trinajstić information content (AvgIpc) is 3.17. The predicted molar refractivity (Wildman–Crippen MR) is 95.5 cm³/mol. The topological polar surface area (TPSA) is 76.0 Å². The highest BCUT2D eigenvalue weighted by atomic mass is 16.5. The van der Waals surface area contributed by atoms with Gasteiger partial charge in [0.2, 0.25) is 0 Å². The van der Waals surface area contributed by atoms with E-state index >= 15 is 0 Å². The van der Waals surface area contributed by atoms with Crippen LogP contribution in [-0.2, 0) is 17.8 Å². The quantitative estimate of drug-likeness (QED) is 0.746. The Kier molecular flexibility index (Phi) is 4.85. The number of ether oxygens (including phenoxy) is 1. The molecule has 0 spiro atoms. The van der Waals surface area contributed by atoms with Crippen molar-refractivity contribution in [2.45, 2.75) is 26.9 Å². The molecule has 3 aromatic rings. The van der Waals surface area contributed by atoms with E-state index < -0.39 is 0 Å². The van der Waals surface area contributed by atoms with Gasteiger partial charge < -0.3 is 19.2 Å². The van der Waals surface area contributed by atoms with Gasteiger partial charge >= 0.3 is 0 Å². The molecule has 7 heteroatoms. The second-order valence-electron chi connectivity index (χ2n) is 6.20. The van der Waals surface area contributed by atoms with E-state index in [1.54, 1.807) is 25.4 Å². The molecule has 7 nitrogen and oxygen atoms in total. The van der Waals surface area contributed by atoms with Crippen LogP contribution < -0.4 is 0 Å². The summed E-state index contributed by atoms with van der Waals surface area (Å²) in [6, 6.07) is 5.81. The zero-order valence-corrected chi connectivity index (χ0v) is 15.0. The molecule has 0 radical (unpaired) electrons. The molecule has 0 aliphatic heterocycles. The SMILES string of the molecule is COCCn1cnnc1CN(C)C(=O)c1cccc2c(C)c(C)[nH]c12. The van der Waals surface area contributed by atoms with Gasteiger partial charge in [-0.05, 0) is 25.5 Å². The minimum absolute atomic E-state index is 0.0480. The van der Waals surface area contributed by atoms with Crippen molar-refractivity contribution in [3.63, 3.8) is 0 Å². The molecule has 1 amide bonds. The number of aryl methyl sites for hydroxylation is 2. The Balaban J connectivity index is 1.84. The van der Waals surface area contributed by atoms with Crippen LogP contribution in [0.3, 0.4) is 0 Å². The number of methoxy groups -OCH3 is 1. The van der Waals surface area contributed by atoms with Crippen molar-refractivity contribution in [2.75, 3.05) is 20.8 Å². The molecule has 0 saturated carbocycles. The number of hydrogen-bond donors (Lipinski definition) is 1. The predicted octanol–water partition coefficient (Wildman–Crippen LogP) is 2.29. The van der Waals surface area contributed by atoms with Crippen molar-refractivity contribution >= 4 is 16.8 Å².